The molecule has 0 spiro atoms. The lowest BCUT2D eigenvalue weighted by atomic mass is 10.2. The molecule has 3 aromatic rings. The third kappa shape index (κ3) is 2.06. The van der Waals surface area contributed by atoms with Crippen molar-refractivity contribution < 1.29 is 13.9 Å². The van der Waals surface area contributed by atoms with Crippen molar-refractivity contribution in [2.24, 2.45) is 0 Å². The smallest absolute Gasteiger partial charge is 0.348 e. The summed E-state index contributed by atoms with van der Waals surface area (Å²) in [6, 6.07) is 7.32. The number of ether oxygens (including phenoxy) is 1. The molecule has 0 saturated carbocycles. The van der Waals surface area contributed by atoms with Gasteiger partial charge in [0, 0.05) is 11.8 Å². The maximum Gasteiger partial charge on any atom is 0.348 e. The standard InChI is InChI=1S/C13H10N2O3S/c1-17-13(16)12-8(5-7-19-12)10-2-3-11(18-10)9-4-6-14-15-9/h2-7H,1H3,(H,14,15). The molecule has 0 unspecified atom stereocenters. The molecule has 0 bridgehead atoms. The summed E-state index contributed by atoms with van der Waals surface area (Å²) in [6.45, 7) is 0. The Balaban J connectivity index is 2.00. The molecule has 0 saturated heterocycles. The highest BCUT2D eigenvalue weighted by molar-refractivity contribution is 7.12. The van der Waals surface area contributed by atoms with Crippen LogP contribution in [0.2, 0.25) is 0 Å². The minimum absolute atomic E-state index is 0.357. The average Bonchev–Trinajstić information content (AvgIpc) is 3.14. The summed E-state index contributed by atoms with van der Waals surface area (Å²) < 4.78 is 10.5. The first-order chi connectivity index (χ1) is 9.29. The van der Waals surface area contributed by atoms with E-state index in [-0.39, 0.29) is 5.97 Å². The van der Waals surface area contributed by atoms with Crippen LogP contribution in [0.3, 0.4) is 0 Å². The molecule has 0 aliphatic carbocycles. The third-order valence-corrected chi connectivity index (χ3v) is 3.57. The number of esters is 1. The third-order valence-electron chi connectivity index (χ3n) is 2.67. The van der Waals surface area contributed by atoms with Crippen molar-refractivity contribution in [2.75, 3.05) is 7.11 Å². The van der Waals surface area contributed by atoms with Crippen LogP contribution in [-0.2, 0) is 4.74 Å². The number of nitrogens with zero attached hydrogens (tertiary/aromatic N) is 1. The minimum Gasteiger partial charge on any atom is -0.465 e. The van der Waals surface area contributed by atoms with E-state index in [2.05, 4.69) is 10.2 Å². The van der Waals surface area contributed by atoms with Crippen molar-refractivity contribution in [1.29, 1.82) is 0 Å². The van der Waals surface area contributed by atoms with Crippen LogP contribution in [0.4, 0.5) is 0 Å². The Morgan fingerprint density at radius 3 is 2.89 bits per heavy atom. The van der Waals surface area contributed by atoms with Gasteiger partial charge in [-0.05, 0) is 29.6 Å². The van der Waals surface area contributed by atoms with Crippen molar-refractivity contribution in [3.63, 3.8) is 0 Å². The van der Waals surface area contributed by atoms with Gasteiger partial charge in [-0.25, -0.2) is 4.79 Å². The Hall–Kier alpha value is -2.34. The number of carbonyl (C=O) groups is 1. The number of thiophene rings is 1. The van der Waals surface area contributed by atoms with Crippen molar-refractivity contribution in [2.45, 2.75) is 0 Å². The molecule has 96 valence electrons. The lowest BCUT2D eigenvalue weighted by Crippen LogP contribution is -1.99. The van der Waals surface area contributed by atoms with Gasteiger partial charge in [0.25, 0.3) is 0 Å². The molecular formula is C13H10N2O3S. The van der Waals surface area contributed by atoms with Crippen LogP contribution in [0.5, 0.6) is 0 Å². The van der Waals surface area contributed by atoms with Gasteiger partial charge < -0.3 is 9.15 Å². The van der Waals surface area contributed by atoms with E-state index in [1.807, 2.05) is 29.6 Å². The lowest BCUT2D eigenvalue weighted by molar-refractivity contribution is 0.0607. The molecule has 1 N–H and O–H groups in total. The SMILES string of the molecule is COC(=O)c1sccc1-c1ccc(-c2ccn[nH]2)o1. The van der Waals surface area contributed by atoms with Gasteiger partial charge in [-0.2, -0.15) is 5.10 Å². The van der Waals surface area contributed by atoms with E-state index in [1.54, 1.807) is 6.20 Å². The first-order valence-corrected chi connectivity index (χ1v) is 6.43. The predicted octanol–water partition coefficient (Wildman–Crippen LogP) is 3.18. The quantitative estimate of drug-likeness (QED) is 0.745. The molecule has 5 nitrogen and oxygen atoms in total. The zero-order chi connectivity index (χ0) is 13.2. The maximum absolute atomic E-state index is 11.6. The molecule has 3 heterocycles. The van der Waals surface area contributed by atoms with Crippen LogP contribution in [-0.4, -0.2) is 23.3 Å². The molecule has 3 aromatic heterocycles. The highest BCUT2D eigenvalue weighted by atomic mass is 32.1. The Bertz CT molecular complexity index is 697. The van der Waals surface area contributed by atoms with E-state index in [9.17, 15) is 4.79 Å². The van der Waals surface area contributed by atoms with Crippen molar-refractivity contribution in [3.8, 4) is 22.8 Å². The highest BCUT2D eigenvalue weighted by Gasteiger charge is 2.18. The molecule has 3 rings (SSSR count). The van der Waals surface area contributed by atoms with E-state index in [0.717, 1.165) is 11.3 Å². The van der Waals surface area contributed by atoms with Crippen LogP contribution >= 0.6 is 11.3 Å². The molecule has 0 amide bonds. The normalized spacial score (nSPS) is 10.6. The Kier molecular flexibility index (Phi) is 2.92. The number of aromatic nitrogens is 2. The fourth-order valence-corrected chi connectivity index (χ4v) is 2.59. The second-order valence-electron chi connectivity index (χ2n) is 3.79. The molecule has 0 aliphatic heterocycles. The Morgan fingerprint density at radius 2 is 2.16 bits per heavy atom. The maximum atomic E-state index is 11.6. The van der Waals surface area contributed by atoms with E-state index in [1.165, 1.54) is 18.4 Å². The van der Waals surface area contributed by atoms with E-state index in [4.69, 9.17) is 9.15 Å². The molecule has 0 aromatic carbocycles. The Morgan fingerprint density at radius 1 is 1.32 bits per heavy atom. The van der Waals surface area contributed by atoms with Crippen LogP contribution < -0.4 is 0 Å². The summed E-state index contributed by atoms with van der Waals surface area (Å²) in [4.78, 5) is 12.2. The molecule has 0 radical (unpaired) electrons. The number of hydrogen-bond donors (Lipinski definition) is 1. The molecule has 0 aliphatic rings. The molecule has 0 atom stereocenters. The largest absolute Gasteiger partial charge is 0.465 e. The minimum atomic E-state index is -0.357. The van der Waals surface area contributed by atoms with Gasteiger partial charge >= 0.3 is 5.97 Å². The van der Waals surface area contributed by atoms with Crippen LogP contribution in [0.15, 0.2) is 40.3 Å². The number of methoxy groups -OCH3 is 1. The van der Waals surface area contributed by atoms with Crippen LogP contribution in [0, 0.1) is 0 Å². The summed E-state index contributed by atoms with van der Waals surface area (Å²) >= 11 is 1.33. The number of nitrogens with one attached hydrogen (secondary N) is 1. The van der Waals surface area contributed by atoms with Gasteiger partial charge in [0.2, 0.25) is 0 Å². The van der Waals surface area contributed by atoms with Gasteiger partial charge in [0.05, 0.1) is 7.11 Å². The van der Waals surface area contributed by atoms with Gasteiger partial charge in [0.1, 0.15) is 16.3 Å². The second kappa shape index (κ2) is 4.74. The van der Waals surface area contributed by atoms with Crippen molar-refractivity contribution in [1.82, 2.24) is 10.2 Å². The van der Waals surface area contributed by atoms with E-state index < -0.39 is 0 Å². The first-order valence-electron chi connectivity index (χ1n) is 5.55. The Labute approximate surface area is 112 Å². The van der Waals surface area contributed by atoms with Crippen molar-refractivity contribution in [3.05, 3.63) is 40.7 Å². The fourth-order valence-electron chi connectivity index (χ4n) is 1.77. The average molecular weight is 274 g/mol. The molecule has 19 heavy (non-hydrogen) atoms. The molecule has 0 fully saturated rings. The van der Waals surface area contributed by atoms with E-state index in [0.29, 0.717) is 16.4 Å². The molecular weight excluding hydrogens is 264 g/mol. The second-order valence-corrected chi connectivity index (χ2v) is 4.71. The summed E-state index contributed by atoms with van der Waals surface area (Å²) in [6.07, 6.45) is 1.65. The monoisotopic (exact) mass is 274 g/mol. The summed E-state index contributed by atoms with van der Waals surface area (Å²) in [5.74, 6) is 0.949. The van der Waals surface area contributed by atoms with E-state index >= 15 is 0 Å². The summed E-state index contributed by atoms with van der Waals surface area (Å²) in [7, 11) is 1.37. The van der Waals surface area contributed by atoms with Gasteiger partial charge in [-0.15, -0.1) is 11.3 Å². The number of furan rings is 1. The van der Waals surface area contributed by atoms with Crippen LogP contribution in [0.25, 0.3) is 22.8 Å². The summed E-state index contributed by atoms with van der Waals surface area (Å²) in [5, 5.41) is 8.53. The lowest BCUT2D eigenvalue weighted by Gasteiger charge is -1.99. The number of H-pyrrole nitrogens is 1. The fraction of sp³-hybridized carbons (Fsp3) is 0.0769. The molecule has 6 heteroatoms. The number of hydrogen-bond acceptors (Lipinski definition) is 5. The van der Waals surface area contributed by atoms with Crippen LogP contribution in [0.1, 0.15) is 9.67 Å². The zero-order valence-electron chi connectivity index (χ0n) is 10.0. The summed E-state index contributed by atoms with van der Waals surface area (Å²) in [5.41, 5.74) is 1.53. The zero-order valence-corrected chi connectivity index (χ0v) is 10.9. The van der Waals surface area contributed by atoms with Gasteiger partial charge in [-0.3, -0.25) is 5.10 Å². The first kappa shape index (κ1) is 11.7. The highest BCUT2D eigenvalue weighted by Crippen LogP contribution is 2.32. The van der Waals surface area contributed by atoms with Crippen molar-refractivity contribution >= 4 is 17.3 Å². The number of carbonyl (C=O) groups excluding carboxylic acids is 1. The number of rotatable bonds is 3. The van der Waals surface area contributed by atoms with Gasteiger partial charge in [0.15, 0.2) is 5.76 Å². The van der Waals surface area contributed by atoms with Gasteiger partial charge in [-0.1, -0.05) is 0 Å². The topological polar surface area (TPSA) is 68.1 Å². The predicted molar refractivity (Wildman–Crippen MR) is 70.9 cm³/mol. The number of aromatic amines is 1.